The van der Waals surface area contributed by atoms with Gasteiger partial charge in [-0.2, -0.15) is 0 Å². The Balaban J connectivity index is 1.22. The van der Waals surface area contributed by atoms with Crippen LogP contribution in [0.15, 0.2) is 41.4 Å². The first-order valence-corrected chi connectivity index (χ1v) is 13.0. The summed E-state index contributed by atoms with van der Waals surface area (Å²) in [6.07, 6.45) is 7.53. The summed E-state index contributed by atoms with van der Waals surface area (Å²) in [4.78, 5) is 26.9. The van der Waals surface area contributed by atoms with Gasteiger partial charge in [-0.25, -0.2) is 0 Å². The van der Waals surface area contributed by atoms with Crippen LogP contribution in [0.5, 0.6) is 0 Å². The van der Waals surface area contributed by atoms with E-state index in [1.807, 2.05) is 24.3 Å². The molecule has 176 valence electrons. The van der Waals surface area contributed by atoms with Crippen LogP contribution in [-0.4, -0.2) is 46.9 Å². The van der Waals surface area contributed by atoms with Gasteiger partial charge < -0.3 is 15.5 Å². The van der Waals surface area contributed by atoms with Crippen LogP contribution < -0.4 is 15.5 Å². The zero-order valence-electron chi connectivity index (χ0n) is 19.3. The Labute approximate surface area is 200 Å². The van der Waals surface area contributed by atoms with E-state index < -0.39 is 0 Å². The minimum Gasteiger partial charge on any atom is -0.354 e. The zero-order valence-corrected chi connectivity index (χ0v) is 20.1. The van der Waals surface area contributed by atoms with Gasteiger partial charge in [-0.1, -0.05) is 37.2 Å². The number of benzene rings is 1. The number of unbranched alkanes of at least 4 members (excludes halogenated alkanes) is 1. The van der Waals surface area contributed by atoms with E-state index in [0.717, 1.165) is 50.2 Å². The number of carbonyl (C=O) groups excluding carboxylic acids is 2. The molecule has 2 heterocycles. The fourth-order valence-electron chi connectivity index (χ4n) is 3.98. The summed E-state index contributed by atoms with van der Waals surface area (Å²) in [7, 11) is 0. The van der Waals surface area contributed by atoms with Crippen molar-refractivity contribution in [2.24, 2.45) is 5.92 Å². The van der Waals surface area contributed by atoms with Gasteiger partial charge in [-0.3, -0.25) is 9.59 Å². The minimum atomic E-state index is -0.0623. The number of nitrogens with one attached hydrogen (secondary N) is 2. The number of hydrogen-bond donors (Lipinski definition) is 2. The number of piperidine rings is 1. The first-order valence-electron chi connectivity index (χ1n) is 12.0. The number of carbonyl (C=O) groups is 2. The highest BCUT2D eigenvalue weighted by atomic mass is 32.2. The standard InChI is InChI=1S/C25H33N5O2S/c1-2-3-5-18-7-9-20(10-8-18)26-23(31)17-33-24-14-13-22(28-29-24)30-15-4-6-19(16-30)25(32)27-21-11-12-21/h7-10,13-14,19,21H,2-6,11-12,15-17H2,1H3,(H,26,31)(H,27,32)/t19-/m0/s1. The molecule has 0 bridgehead atoms. The number of aryl methyl sites for hydroxylation is 1. The van der Waals surface area contributed by atoms with Gasteiger partial charge in [-0.05, 0) is 68.4 Å². The summed E-state index contributed by atoms with van der Waals surface area (Å²) in [6, 6.07) is 12.3. The van der Waals surface area contributed by atoms with Gasteiger partial charge in [0.05, 0.1) is 11.7 Å². The maximum atomic E-state index is 12.4. The van der Waals surface area contributed by atoms with Crippen molar-refractivity contribution >= 4 is 35.1 Å². The summed E-state index contributed by atoms with van der Waals surface area (Å²) in [5, 5.41) is 15.4. The Bertz CT molecular complexity index is 931. The molecule has 2 aromatic rings. The topological polar surface area (TPSA) is 87.2 Å². The van der Waals surface area contributed by atoms with Crippen molar-refractivity contribution in [1.29, 1.82) is 0 Å². The molecule has 8 heteroatoms. The highest BCUT2D eigenvalue weighted by Gasteiger charge is 2.30. The van der Waals surface area contributed by atoms with Crippen LogP contribution in [-0.2, 0) is 16.0 Å². The van der Waals surface area contributed by atoms with Gasteiger partial charge in [0.1, 0.15) is 5.03 Å². The molecule has 33 heavy (non-hydrogen) atoms. The maximum Gasteiger partial charge on any atom is 0.234 e. The van der Waals surface area contributed by atoms with Gasteiger partial charge in [0, 0.05) is 24.8 Å². The van der Waals surface area contributed by atoms with E-state index in [-0.39, 0.29) is 23.5 Å². The van der Waals surface area contributed by atoms with Gasteiger partial charge in [0.25, 0.3) is 0 Å². The Hall–Kier alpha value is -2.61. The normalized spacial score (nSPS) is 18.1. The summed E-state index contributed by atoms with van der Waals surface area (Å²) >= 11 is 1.37. The molecule has 2 N–H and O–H groups in total. The molecule has 0 unspecified atom stereocenters. The van der Waals surface area contributed by atoms with Crippen molar-refractivity contribution in [2.45, 2.75) is 62.9 Å². The number of rotatable bonds is 10. The van der Waals surface area contributed by atoms with Crippen LogP contribution in [0.4, 0.5) is 11.5 Å². The van der Waals surface area contributed by atoms with Crippen LogP contribution in [0, 0.1) is 5.92 Å². The molecule has 2 fully saturated rings. The third-order valence-corrected chi connectivity index (χ3v) is 6.99. The quantitative estimate of drug-likeness (QED) is 0.513. The summed E-state index contributed by atoms with van der Waals surface area (Å²) in [6.45, 7) is 3.75. The molecule has 1 aromatic heterocycles. The molecule has 2 aliphatic rings. The molecule has 1 saturated heterocycles. The molecule has 1 aliphatic heterocycles. The number of amides is 2. The monoisotopic (exact) mass is 467 g/mol. The fraction of sp³-hybridized carbons (Fsp3) is 0.520. The molecule has 1 saturated carbocycles. The molecule has 4 rings (SSSR count). The first kappa shape index (κ1) is 23.5. The third-order valence-electron chi connectivity index (χ3n) is 6.07. The van der Waals surface area contributed by atoms with Gasteiger partial charge >= 0.3 is 0 Å². The average molecular weight is 468 g/mol. The number of thioether (sulfide) groups is 1. The third kappa shape index (κ3) is 7.19. The number of aromatic nitrogens is 2. The Morgan fingerprint density at radius 3 is 2.61 bits per heavy atom. The van der Waals surface area contributed by atoms with Gasteiger partial charge in [0.15, 0.2) is 5.82 Å². The first-order chi connectivity index (χ1) is 16.1. The molecule has 1 aliphatic carbocycles. The van der Waals surface area contributed by atoms with Crippen molar-refractivity contribution in [1.82, 2.24) is 15.5 Å². The average Bonchev–Trinajstić information content (AvgIpc) is 3.67. The summed E-state index contributed by atoms with van der Waals surface area (Å²) in [5.74, 6) is 1.19. The van der Waals surface area contributed by atoms with Crippen LogP contribution in [0.2, 0.25) is 0 Å². The second kappa shape index (κ2) is 11.5. The van der Waals surface area contributed by atoms with E-state index in [9.17, 15) is 9.59 Å². The predicted molar refractivity (Wildman–Crippen MR) is 133 cm³/mol. The largest absolute Gasteiger partial charge is 0.354 e. The molecular formula is C25H33N5O2S. The Kier molecular flexibility index (Phi) is 8.20. The summed E-state index contributed by atoms with van der Waals surface area (Å²) < 4.78 is 0. The molecular weight excluding hydrogens is 434 g/mol. The smallest absolute Gasteiger partial charge is 0.234 e. The maximum absolute atomic E-state index is 12.4. The highest BCUT2D eigenvalue weighted by molar-refractivity contribution is 7.99. The van der Waals surface area contributed by atoms with E-state index in [1.54, 1.807) is 0 Å². The lowest BCUT2D eigenvalue weighted by Crippen LogP contribution is -2.44. The minimum absolute atomic E-state index is 0.0135. The zero-order chi connectivity index (χ0) is 23.0. The molecule has 1 atom stereocenters. The fourth-order valence-corrected chi connectivity index (χ4v) is 4.59. The van der Waals surface area contributed by atoms with E-state index >= 15 is 0 Å². The lowest BCUT2D eigenvalue weighted by atomic mass is 9.97. The van der Waals surface area contributed by atoms with Crippen molar-refractivity contribution in [3.63, 3.8) is 0 Å². The van der Waals surface area contributed by atoms with Crippen molar-refractivity contribution in [2.75, 3.05) is 29.1 Å². The SMILES string of the molecule is CCCCc1ccc(NC(=O)CSc2ccc(N3CCC[C@H](C(=O)NC4CC4)C3)nn2)cc1. The second-order valence-corrected chi connectivity index (χ2v) is 9.93. The van der Waals surface area contributed by atoms with Crippen molar-refractivity contribution in [3.05, 3.63) is 42.0 Å². The Morgan fingerprint density at radius 1 is 1.09 bits per heavy atom. The number of hydrogen-bond acceptors (Lipinski definition) is 6. The number of anilines is 2. The van der Waals surface area contributed by atoms with E-state index in [0.29, 0.717) is 17.6 Å². The van der Waals surface area contributed by atoms with Crippen LogP contribution in [0.1, 0.15) is 51.0 Å². The molecule has 0 radical (unpaired) electrons. The van der Waals surface area contributed by atoms with E-state index in [4.69, 9.17) is 0 Å². The summed E-state index contributed by atoms with van der Waals surface area (Å²) in [5.41, 5.74) is 2.11. The molecule has 0 spiro atoms. The van der Waals surface area contributed by atoms with Crippen LogP contribution >= 0.6 is 11.8 Å². The second-order valence-electron chi connectivity index (χ2n) is 8.94. The van der Waals surface area contributed by atoms with Crippen LogP contribution in [0.3, 0.4) is 0 Å². The van der Waals surface area contributed by atoms with Gasteiger partial charge in [-0.15, -0.1) is 10.2 Å². The highest BCUT2D eigenvalue weighted by Crippen LogP contribution is 2.25. The number of nitrogens with zero attached hydrogens (tertiary/aromatic N) is 3. The van der Waals surface area contributed by atoms with E-state index in [2.05, 4.69) is 44.8 Å². The molecule has 7 nitrogen and oxygen atoms in total. The molecule has 1 aromatic carbocycles. The van der Waals surface area contributed by atoms with E-state index in [1.165, 1.54) is 30.2 Å². The lowest BCUT2D eigenvalue weighted by molar-refractivity contribution is -0.125. The van der Waals surface area contributed by atoms with Crippen molar-refractivity contribution in [3.8, 4) is 0 Å². The molecule has 2 amide bonds. The Morgan fingerprint density at radius 2 is 1.91 bits per heavy atom. The van der Waals surface area contributed by atoms with Crippen molar-refractivity contribution < 1.29 is 9.59 Å². The van der Waals surface area contributed by atoms with Crippen LogP contribution in [0.25, 0.3) is 0 Å². The predicted octanol–water partition coefficient (Wildman–Crippen LogP) is 4.05. The van der Waals surface area contributed by atoms with Gasteiger partial charge in [0.2, 0.25) is 11.8 Å². The lowest BCUT2D eigenvalue weighted by Gasteiger charge is -2.32.